The van der Waals surface area contributed by atoms with Crippen molar-refractivity contribution in [2.24, 2.45) is 11.8 Å². The molecule has 0 bridgehead atoms. The molecule has 25 heavy (non-hydrogen) atoms. The van der Waals surface area contributed by atoms with Crippen LogP contribution in [0.1, 0.15) is 31.2 Å². The SMILES string of the molecule is OC[C@@H]1CN(Cc2c(F)ccc(Cl)c2F)C[C@@H]1CN1CCCCCC1. The smallest absolute Gasteiger partial charge is 0.149 e. The summed E-state index contributed by atoms with van der Waals surface area (Å²) >= 11 is 5.79. The van der Waals surface area contributed by atoms with Gasteiger partial charge in [-0.05, 0) is 49.9 Å². The van der Waals surface area contributed by atoms with Crippen LogP contribution in [0.2, 0.25) is 5.02 Å². The van der Waals surface area contributed by atoms with Crippen molar-refractivity contribution in [2.75, 3.05) is 39.3 Å². The number of hydrogen-bond donors (Lipinski definition) is 1. The van der Waals surface area contributed by atoms with Gasteiger partial charge >= 0.3 is 0 Å². The molecule has 2 aliphatic rings. The molecule has 0 spiro atoms. The fourth-order valence-electron chi connectivity index (χ4n) is 4.17. The van der Waals surface area contributed by atoms with Gasteiger partial charge in [0, 0.05) is 38.3 Å². The summed E-state index contributed by atoms with van der Waals surface area (Å²) in [5, 5.41) is 9.70. The van der Waals surface area contributed by atoms with Crippen LogP contribution in [0.15, 0.2) is 12.1 Å². The molecule has 2 atom stereocenters. The molecule has 1 aromatic rings. The minimum Gasteiger partial charge on any atom is -0.396 e. The van der Waals surface area contributed by atoms with Gasteiger partial charge in [0.05, 0.1) is 5.02 Å². The third-order valence-electron chi connectivity index (χ3n) is 5.60. The van der Waals surface area contributed by atoms with Gasteiger partial charge in [0.15, 0.2) is 0 Å². The van der Waals surface area contributed by atoms with Crippen molar-refractivity contribution in [3.05, 3.63) is 34.4 Å². The first-order valence-corrected chi connectivity index (χ1v) is 9.64. The number of nitrogens with zero attached hydrogens (tertiary/aromatic N) is 2. The van der Waals surface area contributed by atoms with Crippen molar-refractivity contribution < 1.29 is 13.9 Å². The third-order valence-corrected chi connectivity index (χ3v) is 5.89. The van der Waals surface area contributed by atoms with Crippen LogP contribution in [0.5, 0.6) is 0 Å². The molecule has 6 heteroatoms. The lowest BCUT2D eigenvalue weighted by Crippen LogP contribution is -2.34. The van der Waals surface area contributed by atoms with Crippen LogP contribution in [0.25, 0.3) is 0 Å². The zero-order chi connectivity index (χ0) is 17.8. The fourth-order valence-corrected chi connectivity index (χ4v) is 4.34. The van der Waals surface area contributed by atoms with Gasteiger partial charge in [-0.15, -0.1) is 0 Å². The topological polar surface area (TPSA) is 26.7 Å². The number of aliphatic hydroxyl groups excluding tert-OH is 1. The number of likely N-dealkylation sites (tertiary alicyclic amines) is 2. The molecule has 2 heterocycles. The summed E-state index contributed by atoms with van der Waals surface area (Å²) in [6.45, 7) is 4.94. The third kappa shape index (κ3) is 4.70. The molecule has 0 aliphatic carbocycles. The Morgan fingerprint density at radius 3 is 2.36 bits per heavy atom. The number of rotatable bonds is 5. The summed E-state index contributed by atoms with van der Waals surface area (Å²) in [5.74, 6) is -0.724. The van der Waals surface area contributed by atoms with Crippen LogP contribution in [0, 0.1) is 23.5 Å². The monoisotopic (exact) mass is 372 g/mol. The van der Waals surface area contributed by atoms with Crippen molar-refractivity contribution >= 4 is 11.6 Å². The maximum Gasteiger partial charge on any atom is 0.149 e. The summed E-state index contributed by atoms with van der Waals surface area (Å²) in [6, 6.07) is 2.47. The van der Waals surface area contributed by atoms with Crippen LogP contribution in [-0.2, 0) is 6.54 Å². The Labute approximate surface area is 153 Å². The highest BCUT2D eigenvalue weighted by Gasteiger charge is 2.34. The largest absolute Gasteiger partial charge is 0.396 e. The lowest BCUT2D eigenvalue weighted by atomic mass is 9.96. The molecule has 2 saturated heterocycles. The minimum atomic E-state index is -0.668. The standard InChI is InChI=1S/C19H27ClF2N2O/c20-17-5-6-18(21)16(19(17)22)12-24-10-14(15(11-24)13-25)9-23-7-3-1-2-4-8-23/h5-6,14-15,25H,1-4,7-13H2/t14-,15-/m0/s1. The Morgan fingerprint density at radius 2 is 1.68 bits per heavy atom. The van der Waals surface area contributed by atoms with E-state index < -0.39 is 11.6 Å². The molecule has 0 amide bonds. The summed E-state index contributed by atoms with van der Waals surface area (Å²) in [5.41, 5.74) is 0.0274. The van der Waals surface area contributed by atoms with Gasteiger partial charge in [-0.1, -0.05) is 24.4 Å². The molecule has 3 nitrogen and oxygen atoms in total. The van der Waals surface area contributed by atoms with E-state index in [1.807, 2.05) is 4.90 Å². The molecule has 1 N–H and O–H groups in total. The zero-order valence-electron chi connectivity index (χ0n) is 14.6. The minimum absolute atomic E-state index is 0.0274. The summed E-state index contributed by atoms with van der Waals surface area (Å²) in [4.78, 5) is 4.53. The Kier molecular flexibility index (Phi) is 6.67. The summed E-state index contributed by atoms with van der Waals surface area (Å²) in [7, 11) is 0. The number of aliphatic hydroxyl groups is 1. The van der Waals surface area contributed by atoms with Gasteiger partial charge in [0.25, 0.3) is 0 Å². The number of benzene rings is 1. The van der Waals surface area contributed by atoms with Gasteiger partial charge in [-0.2, -0.15) is 0 Å². The number of hydrogen-bond acceptors (Lipinski definition) is 3. The van der Waals surface area contributed by atoms with Gasteiger partial charge in [-0.3, -0.25) is 4.90 Å². The Hall–Kier alpha value is -0.750. The second kappa shape index (κ2) is 8.76. The lowest BCUT2D eigenvalue weighted by molar-refractivity contribution is 0.165. The van der Waals surface area contributed by atoms with Crippen LogP contribution < -0.4 is 0 Å². The Balaban J connectivity index is 1.64. The van der Waals surface area contributed by atoms with Gasteiger partial charge < -0.3 is 10.0 Å². The van der Waals surface area contributed by atoms with Gasteiger partial charge in [-0.25, -0.2) is 8.78 Å². The molecule has 0 saturated carbocycles. The second-order valence-electron chi connectivity index (χ2n) is 7.43. The highest BCUT2D eigenvalue weighted by atomic mass is 35.5. The number of halogens is 3. The normalized spacial score (nSPS) is 26.1. The molecule has 2 fully saturated rings. The molecular weight excluding hydrogens is 346 g/mol. The average molecular weight is 373 g/mol. The molecule has 0 radical (unpaired) electrons. The van der Waals surface area contributed by atoms with E-state index >= 15 is 0 Å². The first kappa shape index (κ1) is 19.0. The predicted octanol–water partition coefficient (Wildman–Crippen LogP) is 3.53. The second-order valence-corrected chi connectivity index (χ2v) is 7.84. The summed E-state index contributed by atoms with van der Waals surface area (Å²) < 4.78 is 28.1. The molecule has 140 valence electrons. The van der Waals surface area contributed by atoms with E-state index in [-0.39, 0.29) is 29.7 Å². The van der Waals surface area contributed by atoms with Crippen LogP contribution in [0.4, 0.5) is 8.78 Å². The first-order valence-electron chi connectivity index (χ1n) is 9.26. The molecule has 1 aromatic carbocycles. The van der Waals surface area contributed by atoms with Crippen molar-refractivity contribution in [1.82, 2.24) is 9.80 Å². The lowest BCUT2D eigenvalue weighted by Gasteiger charge is -2.26. The van der Waals surface area contributed by atoms with Crippen molar-refractivity contribution in [2.45, 2.75) is 32.2 Å². The average Bonchev–Trinajstić information content (AvgIpc) is 2.79. The molecule has 2 aliphatic heterocycles. The maximum atomic E-state index is 14.2. The maximum absolute atomic E-state index is 14.2. The zero-order valence-corrected chi connectivity index (χ0v) is 15.3. The molecule has 0 unspecified atom stereocenters. The molecule has 0 aromatic heterocycles. The van der Waals surface area contributed by atoms with E-state index in [4.69, 9.17) is 11.6 Å². The van der Waals surface area contributed by atoms with E-state index in [0.717, 1.165) is 26.2 Å². The van der Waals surface area contributed by atoms with Crippen LogP contribution in [-0.4, -0.2) is 54.2 Å². The highest BCUT2D eigenvalue weighted by molar-refractivity contribution is 6.30. The predicted molar refractivity (Wildman–Crippen MR) is 95.6 cm³/mol. The van der Waals surface area contributed by atoms with E-state index in [9.17, 15) is 13.9 Å². The fraction of sp³-hybridized carbons (Fsp3) is 0.684. The van der Waals surface area contributed by atoms with E-state index in [2.05, 4.69) is 4.90 Å². The van der Waals surface area contributed by atoms with Crippen LogP contribution >= 0.6 is 11.6 Å². The van der Waals surface area contributed by atoms with Crippen molar-refractivity contribution in [3.63, 3.8) is 0 Å². The van der Waals surface area contributed by atoms with E-state index in [0.29, 0.717) is 12.5 Å². The quantitative estimate of drug-likeness (QED) is 0.801. The summed E-state index contributed by atoms with van der Waals surface area (Å²) in [6.07, 6.45) is 5.06. The van der Waals surface area contributed by atoms with Crippen molar-refractivity contribution in [1.29, 1.82) is 0 Å². The van der Waals surface area contributed by atoms with Gasteiger partial charge in [0.1, 0.15) is 11.6 Å². The highest BCUT2D eigenvalue weighted by Crippen LogP contribution is 2.29. The Morgan fingerprint density at radius 1 is 1.00 bits per heavy atom. The first-order chi connectivity index (χ1) is 12.1. The molecule has 3 rings (SSSR count). The van der Waals surface area contributed by atoms with E-state index in [1.54, 1.807) is 0 Å². The van der Waals surface area contributed by atoms with Crippen LogP contribution in [0.3, 0.4) is 0 Å². The van der Waals surface area contributed by atoms with E-state index in [1.165, 1.54) is 37.8 Å². The van der Waals surface area contributed by atoms with Gasteiger partial charge in [0.2, 0.25) is 0 Å². The molecular formula is C19H27ClF2N2O. The Bertz CT molecular complexity index is 579. The van der Waals surface area contributed by atoms with Crippen molar-refractivity contribution in [3.8, 4) is 0 Å².